The predicted octanol–water partition coefficient (Wildman–Crippen LogP) is 2.41. The number of fused-ring (bicyclic) bond motifs is 3. The van der Waals surface area contributed by atoms with Crippen molar-refractivity contribution < 1.29 is 14.3 Å². The number of ether oxygens (including phenoxy) is 2. The smallest absolute Gasteiger partial charge is 0.318 e. The Kier molecular flexibility index (Phi) is 1.99. The fraction of sp³-hybridized carbons (Fsp3) is 0.308. The monoisotopic (exact) mass is 216 g/mol. The van der Waals surface area contributed by atoms with Crippen LogP contribution in [0.4, 0.5) is 0 Å². The van der Waals surface area contributed by atoms with Gasteiger partial charge >= 0.3 is 5.97 Å². The van der Waals surface area contributed by atoms with Crippen molar-refractivity contribution in [2.24, 2.45) is 5.92 Å². The van der Waals surface area contributed by atoms with E-state index in [1.165, 1.54) is 0 Å². The van der Waals surface area contributed by atoms with Crippen molar-refractivity contribution in [1.29, 1.82) is 0 Å². The molecule has 1 aliphatic heterocycles. The number of rotatable bonds is 1. The average molecular weight is 216 g/mol. The molecular weight excluding hydrogens is 204 g/mol. The lowest BCUT2D eigenvalue weighted by atomic mass is 9.92. The van der Waals surface area contributed by atoms with Gasteiger partial charge in [0.1, 0.15) is 11.5 Å². The van der Waals surface area contributed by atoms with E-state index in [4.69, 9.17) is 9.47 Å². The average Bonchev–Trinajstić information content (AvgIpc) is 2.78. The van der Waals surface area contributed by atoms with Gasteiger partial charge in [-0.2, -0.15) is 0 Å². The second-order valence-corrected chi connectivity index (χ2v) is 4.07. The molecule has 1 heterocycles. The van der Waals surface area contributed by atoms with Crippen LogP contribution >= 0.6 is 0 Å². The van der Waals surface area contributed by atoms with Crippen molar-refractivity contribution >= 4 is 11.5 Å². The summed E-state index contributed by atoms with van der Waals surface area (Å²) >= 11 is 0. The van der Waals surface area contributed by atoms with Gasteiger partial charge in [-0.25, -0.2) is 0 Å². The maximum Gasteiger partial charge on any atom is 0.318 e. The second-order valence-electron chi connectivity index (χ2n) is 4.07. The zero-order valence-electron chi connectivity index (χ0n) is 9.03. The van der Waals surface area contributed by atoms with Gasteiger partial charge in [-0.3, -0.25) is 4.79 Å². The van der Waals surface area contributed by atoms with E-state index in [-0.39, 0.29) is 11.9 Å². The number of allylic oxidation sites excluding steroid dienone is 1. The largest absolute Gasteiger partial charge is 0.497 e. The molecule has 1 aliphatic carbocycles. The van der Waals surface area contributed by atoms with E-state index >= 15 is 0 Å². The first-order valence-corrected chi connectivity index (χ1v) is 5.40. The van der Waals surface area contributed by atoms with E-state index < -0.39 is 0 Å². The molecule has 0 spiro atoms. The maximum atomic E-state index is 11.7. The third kappa shape index (κ3) is 1.24. The molecule has 0 unspecified atom stereocenters. The highest BCUT2D eigenvalue weighted by Crippen LogP contribution is 2.44. The van der Waals surface area contributed by atoms with Crippen LogP contribution in [-0.2, 0) is 4.79 Å². The summed E-state index contributed by atoms with van der Waals surface area (Å²) in [6.07, 6.45) is 3.94. The summed E-state index contributed by atoms with van der Waals surface area (Å²) in [6.45, 7) is 0. The first-order chi connectivity index (χ1) is 7.79. The minimum atomic E-state index is -0.124. The van der Waals surface area contributed by atoms with Gasteiger partial charge in [0.15, 0.2) is 0 Å². The van der Waals surface area contributed by atoms with Gasteiger partial charge in [-0.05, 0) is 36.6 Å². The zero-order valence-corrected chi connectivity index (χ0v) is 9.03. The molecule has 82 valence electrons. The number of carbonyl (C=O) groups is 1. The summed E-state index contributed by atoms with van der Waals surface area (Å²) in [4.78, 5) is 11.7. The van der Waals surface area contributed by atoms with Crippen molar-refractivity contribution in [3.8, 4) is 11.5 Å². The van der Waals surface area contributed by atoms with Crippen LogP contribution in [0.25, 0.3) is 5.57 Å². The molecular formula is C13H12O3. The molecule has 0 N–H and O–H groups in total. The van der Waals surface area contributed by atoms with Gasteiger partial charge < -0.3 is 9.47 Å². The van der Waals surface area contributed by atoms with Crippen molar-refractivity contribution in [1.82, 2.24) is 0 Å². The fourth-order valence-electron chi connectivity index (χ4n) is 2.38. The topological polar surface area (TPSA) is 35.5 Å². The summed E-state index contributed by atoms with van der Waals surface area (Å²) in [6, 6.07) is 5.54. The van der Waals surface area contributed by atoms with Crippen LogP contribution in [-0.4, -0.2) is 13.1 Å². The summed E-state index contributed by atoms with van der Waals surface area (Å²) < 4.78 is 10.5. The van der Waals surface area contributed by atoms with E-state index in [0.717, 1.165) is 29.7 Å². The number of carbonyl (C=O) groups excluding carboxylic acids is 1. The fourth-order valence-corrected chi connectivity index (χ4v) is 2.38. The molecule has 16 heavy (non-hydrogen) atoms. The second kappa shape index (κ2) is 3.37. The Labute approximate surface area is 93.7 Å². The Bertz CT molecular complexity index is 488. The van der Waals surface area contributed by atoms with Crippen LogP contribution < -0.4 is 9.47 Å². The van der Waals surface area contributed by atoms with Gasteiger partial charge in [0, 0.05) is 5.56 Å². The Morgan fingerprint density at radius 2 is 2.31 bits per heavy atom. The minimum Gasteiger partial charge on any atom is -0.497 e. The molecule has 3 rings (SSSR count). The lowest BCUT2D eigenvalue weighted by molar-refractivity contribution is -0.137. The minimum absolute atomic E-state index is 0.0698. The molecule has 3 nitrogen and oxygen atoms in total. The molecule has 1 aromatic rings. The van der Waals surface area contributed by atoms with Crippen molar-refractivity contribution in [2.45, 2.75) is 12.8 Å². The van der Waals surface area contributed by atoms with Crippen LogP contribution in [0.1, 0.15) is 18.4 Å². The molecule has 0 aromatic heterocycles. The van der Waals surface area contributed by atoms with Crippen molar-refractivity contribution in [3.05, 3.63) is 29.8 Å². The number of hydrogen-bond acceptors (Lipinski definition) is 3. The van der Waals surface area contributed by atoms with E-state index in [2.05, 4.69) is 6.08 Å². The predicted molar refractivity (Wildman–Crippen MR) is 59.3 cm³/mol. The number of benzene rings is 1. The lowest BCUT2D eigenvalue weighted by Crippen LogP contribution is -2.24. The molecule has 0 amide bonds. The summed E-state index contributed by atoms with van der Waals surface area (Å²) in [5.74, 6) is 1.25. The normalized spacial score (nSPS) is 21.9. The highest BCUT2D eigenvalue weighted by atomic mass is 16.5. The van der Waals surface area contributed by atoms with E-state index in [9.17, 15) is 4.79 Å². The summed E-state index contributed by atoms with van der Waals surface area (Å²) in [7, 11) is 1.64. The van der Waals surface area contributed by atoms with E-state index in [1.807, 2.05) is 12.1 Å². The van der Waals surface area contributed by atoms with Gasteiger partial charge in [0.2, 0.25) is 0 Å². The maximum absolute atomic E-state index is 11.7. The van der Waals surface area contributed by atoms with E-state index in [1.54, 1.807) is 13.2 Å². The quantitative estimate of drug-likeness (QED) is 0.534. The number of esters is 1. The van der Waals surface area contributed by atoms with Gasteiger partial charge in [-0.1, -0.05) is 6.08 Å². The highest BCUT2D eigenvalue weighted by Gasteiger charge is 2.35. The van der Waals surface area contributed by atoms with Crippen molar-refractivity contribution in [2.75, 3.05) is 7.11 Å². The van der Waals surface area contributed by atoms with Gasteiger partial charge in [-0.15, -0.1) is 0 Å². The summed E-state index contributed by atoms with van der Waals surface area (Å²) in [5.41, 5.74) is 2.10. The number of hydrogen-bond donors (Lipinski definition) is 0. The van der Waals surface area contributed by atoms with Crippen LogP contribution in [0.15, 0.2) is 24.3 Å². The highest BCUT2D eigenvalue weighted by molar-refractivity contribution is 5.96. The lowest BCUT2D eigenvalue weighted by Gasteiger charge is -2.23. The Balaban J connectivity index is 2.15. The molecule has 0 radical (unpaired) electrons. The molecule has 0 saturated carbocycles. The van der Waals surface area contributed by atoms with Crippen LogP contribution in [0.5, 0.6) is 11.5 Å². The molecule has 1 aromatic carbocycles. The first-order valence-electron chi connectivity index (χ1n) is 5.40. The van der Waals surface area contributed by atoms with Crippen LogP contribution in [0.2, 0.25) is 0 Å². The SMILES string of the molecule is COc1ccc2c(c1)C1=CCC[C@H]1C(=O)O2. The third-order valence-electron chi connectivity index (χ3n) is 3.19. The molecule has 2 aliphatic rings. The first kappa shape index (κ1) is 9.46. The molecule has 0 fully saturated rings. The van der Waals surface area contributed by atoms with Gasteiger partial charge in [0.25, 0.3) is 0 Å². The zero-order chi connectivity index (χ0) is 11.1. The molecule has 3 heteroatoms. The Morgan fingerprint density at radius 1 is 1.44 bits per heavy atom. The van der Waals surface area contributed by atoms with Crippen LogP contribution in [0, 0.1) is 5.92 Å². The standard InChI is InChI=1S/C13H12O3/c1-15-8-5-6-12-11(7-8)9-3-2-4-10(9)13(14)16-12/h3,5-7,10H,2,4H2,1H3/t10-/m1/s1. The molecule has 1 atom stereocenters. The number of methoxy groups -OCH3 is 1. The van der Waals surface area contributed by atoms with Crippen molar-refractivity contribution in [3.63, 3.8) is 0 Å². The van der Waals surface area contributed by atoms with Crippen LogP contribution in [0.3, 0.4) is 0 Å². The van der Waals surface area contributed by atoms with E-state index in [0.29, 0.717) is 5.75 Å². The third-order valence-corrected chi connectivity index (χ3v) is 3.19. The summed E-state index contributed by atoms with van der Waals surface area (Å²) in [5, 5.41) is 0. The Morgan fingerprint density at radius 3 is 3.12 bits per heavy atom. The molecule has 0 bridgehead atoms. The Hall–Kier alpha value is -1.77. The van der Waals surface area contributed by atoms with Gasteiger partial charge in [0.05, 0.1) is 13.0 Å². The molecule has 0 saturated heterocycles.